The second-order valence-corrected chi connectivity index (χ2v) is 15.6. The molecule has 4 heteroatoms. The van der Waals surface area contributed by atoms with Crippen LogP contribution in [0.4, 0.5) is 0 Å². The van der Waals surface area contributed by atoms with Gasteiger partial charge in [0.15, 0.2) is 0 Å². The summed E-state index contributed by atoms with van der Waals surface area (Å²) in [6, 6.07) is 0. The van der Waals surface area contributed by atoms with Crippen molar-refractivity contribution in [3.05, 3.63) is 48.6 Å². The van der Waals surface area contributed by atoms with Crippen LogP contribution in [-0.2, 0) is 14.3 Å². The number of ether oxygens (including phenoxy) is 1. The van der Waals surface area contributed by atoms with Gasteiger partial charge in [-0.25, -0.2) is 0 Å². The Morgan fingerprint density at radius 3 is 1.21 bits per heavy atom. The molecule has 1 N–H and O–H groups in total. The molecule has 53 heavy (non-hydrogen) atoms. The van der Waals surface area contributed by atoms with Crippen molar-refractivity contribution in [2.75, 3.05) is 0 Å². The van der Waals surface area contributed by atoms with Crippen LogP contribution < -0.4 is 0 Å². The summed E-state index contributed by atoms with van der Waals surface area (Å²) in [6.45, 7) is 4.45. The van der Waals surface area contributed by atoms with Crippen LogP contribution >= 0.6 is 0 Å². The molecule has 0 saturated heterocycles. The lowest BCUT2D eigenvalue weighted by atomic mass is 10.0. The van der Waals surface area contributed by atoms with Gasteiger partial charge in [0.2, 0.25) is 0 Å². The van der Waals surface area contributed by atoms with E-state index in [9.17, 15) is 9.59 Å². The summed E-state index contributed by atoms with van der Waals surface area (Å²) in [4.78, 5) is 23.5. The molecule has 1 atom stereocenters. The van der Waals surface area contributed by atoms with E-state index in [2.05, 4.69) is 62.5 Å². The summed E-state index contributed by atoms with van der Waals surface area (Å²) in [5, 5.41) is 8.84. The van der Waals surface area contributed by atoms with Crippen molar-refractivity contribution < 1.29 is 19.4 Å². The maximum atomic E-state index is 12.7. The molecule has 0 aliphatic carbocycles. The van der Waals surface area contributed by atoms with E-state index in [0.29, 0.717) is 6.42 Å². The fourth-order valence-corrected chi connectivity index (χ4v) is 6.94. The van der Waals surface area contributed by atoms with Crippen molar-refractivity contribution in [2.24, 2.45) is 0 Å². The molecule has 0 aromatic carbocycles. The Labute approximate surface area is 330 Å². The number of hydrogen-bond donors (Lipinski definition) is 1. The van der Waals surface area contributed by atoms with E-state index in [0.717, 1.165) is 89.9 Å². The first-order valence-electron chi connectivity index (χ1n) is 23.1. The van der Waals surface area contributed by atoms with Gasteiger partial charge in [0, 0.05) is 12.8 Å². The molecule has 0 spiro atoms. The van der Waals surface area contributed by atoms with Gasteiger partial charge in [0.25, 0.3) is 0 Å². The van der Waals surface area contributed by atoms with Crippen molar-refractivity contribution in [3.8, 4) is 0 Å². The number of carboxylic acids is 1. The zero-order chi connectivity index (χ0) is 38.6. The van der Waals surface area contributed by atoms with Gasteiger partial charge < -0.3 is 9.84 Å². The molecule has 4 nitrogen and oxygen atoms in total. The van der Waals surface area contributed by atoms with Crippen molar-refractivity contribution in [3.63, 3.8) is 0 Å². The van der Waals surface area contributed by atoms with Crippen LogP contribution in [0, 0.1) is 0 Å². The summed E-state index contributed by atoms with van der Waals surface area (Å²) in [5.74, 6) is -0.742. The van der Waals surface area contributed by atoms with Gasteiger partial charge in [0.1, 0.15) is 6.10 Å². The number of aliphatic carboxylic acids is 1. The maximum Gasteiger partial charge on any atom is 0.306 e. The molecular weight excluding hydrogens is 653 g/mol. The second kappa shape index (κ2) is 44.3. The van der Waals surface area contributed by atoms with E-state index in [1.165, 1.54) is 128 Å². The highest BCUT2D eigenvalue weighted by atomic mass is 16.5. The van der Waals surface area contributed by atoms with E-state index in [1.54, 1.807) is 0 Å². The summed E-state index contributed by atoms with van der Waals surface area (Å²) in [5.41, 5.74) is 0. The number of carboxylic acid groups (broad SMARTS) is 1. The Morgan fingerprint density at radius 1 is 0.434 bits per heavy atom. The topological polar surface area (TPSA) is 63.6 Å². The van der Waals surface area contributed by atoms with Gasteiger partial charge in [-0.05, 0) is 64.2 Å². The van der Waals surface area contributed by atoms with Gasteiger partial charge in [-0.3, -0.25) is 9.59 Å². The Balaban J connectivity index is 3.96. The average molecular weight is 741 g/mol. The molecule has 1 unspecified atom stereocenters. The molecule has 0 bridgehead atoms. The predicted molar refractivity (Wildman–Crippen MR) is 232 cm³/mol. The van der Waals surface area contributed by atoms with E-state index < -0.39 is 5.97 Å². The van der Waals surface area contributed by atoms with Crippen molar-refractivity contribution in [1.29, 1.82) is 0 Å². The highest BCUT2D eigenvalue weighted by Crippen LogP contribution is 2.18. The van der Waals surface area contributed by atoms with Gasteiger partial charge in [0.05, 0.1) is 0 Å². The Bertz CT molecular complexity index is 885. The van der Waals surface area contributed by atoms with E-state index in [1.807, 2.05) is 0 Å². The molecule has 0 aromatic rings. The second-order valence-electron chi connectivity index (χ2n) is 15.6. The summed E-state index contributed by atoms with van der Waals surface area (Å²) in [7, 11) is 0. The molecule has 0 heterocycles. The van der Waals surface area contributed by atoms with Crippen LogP contribution in [0.5, 0.6) is 0 Å². The maximum absolute atomic E-state index is 12.7. The minimum atomic E-state index is -0.710. The first-order valence-corrected chi connectivity index (χ1v) is 23.1. The number of unbranched alkanes of at least 4 members (excludes halogenated alkanes) is 25. The molecule has 0 aromatic heterocycles. The zero-order valence-corrected chi connectivity index (χ0v) is 35.3. The van der Waals surface area contributed by atoms with Crippen LogP contribution in [0.2, 0.25) is 0 Å². The van der Waals surface area contributed by atoms with Crippen LogP contribution in [0.15, 0.2) is 48.6 Å². The summed E-state index contributed by atoms with van der Waals surface area (Å²) < 4.78 is 5.99. The minimum absolute atomic E-state index is 0.0201. The number of esters is 1. The molecule has 0 aliphatic heterocycles. The lowest BCUT2D eigenvalue weighted by molar-refractivity contribution is -0.150. The Kier molecular flexibility index (Phi) is 42.5. The molecular formula is C49H88O4. The summed E-state index contributed by atoms with van der Waals surface area (Å²) >= 11 is 0. The van der Waals surface area contributed by atoms with E-state index >= 15 is 0 Å². The molecule has 0 saturated carbocycles. The van der Waals surface area contributed by atoms with Crippen LogP contribution in [0.3, 0.4) is 0 Å². The van der Waals surface area contributed by atoms with E-state index in [-0.39, 0.29) is 18.5 Å². The monoisotopic (exact) mass is 741 g/mol. The van der Waals surface area contributed by atoms with Crippen molar-refractivity contribution >= 4 is 11.9 Å². The molecule has 0 radical (unpaired) electrons. The minimum Gasteiger partial charge on any atom is -0.481 e. The first-order chi connectivity index (χ1) is 26.1. The average Bonchev–Trinajstić information content (AvgIpc) is 3.14. The number of rotatable bonds is 42. The fraction of sp³-hybridized carbons (Fsp3) is 0.796. The number of carbonyl (C=O) groups excluding carboxylic acids is 1. The molecule has 0 aliphatic rings. The van der Waals surface area contributed by atoms with Crippen molar-refractivity contribution in [1.82, 2.24) is 0 Å². The zero-order valence-electron chi connectivity index (χ0n) is 35.3. The quantitative estimate of drug-likeness (QED) is 0.0384. The van der Waals surface area contributed by atoms with Gasteiger partial charge in [-0.2, -0.15) is 0 Å². The van der Waals surface area contributed by atoms with Crippen molar-refractivity contribution in [2.45, 2.75) is 251 Å². The van der Waals surface area contributed by atoms with Gasteiger partial charge in [-0.15, -0.1) is 0 Å². The van der Waals surface area contributed by atoms with Crippen LogP contribution in [0.25, 0.3) is 0 Å². The van der Waals surface area contributed by atoms with Crippen LogP contribution in [0.1, 0.15) is 245 Å². The van der Waals surface area contributed by atoms with Gasteiger partial charge >= 0.3 is 11.9 Å². The summed E-state index contributed by atoms with van der Waals surface area (Å²) in [6.07, 6.45) is 60.2. The number of hydrogen-bond acceptors (Lipinski definition) is 3. The lowest BCUT2D eigenvalue weighted by Gasteiger charge is -2.17. The Hall–Kier alpha value is -2.10. The predicted octanol–water partition coefficient (Wildman–Crippen LogP) is 16.3. The lowest BCUT2D eigenvalue weighted by Crippen LogP contribution is -2.18. The van der Waals surface area contributed by atoms with Gasteiger partial charge in [-0.1, -0.05) is 217 Å². The molecule has 308 valence electrons. The SMILES string of the molecule is CC/C=C\C/C=C\C/C=C\C/C=C\CCC(CCCCCCCC(=O)O)OC(=O)CCCCCCCCCCCCCCCCCCCCCCCC. The fourth-order valence-electron chi connectivity index (χ4n) is 6.94. The third-order valence-corrected chi connectivity index (χ3v) is 10.3. The largest absolute Gasteiger partial charge is 0.481 e. The highest BCUT2D eigenvalue weighted by Gasteiger charge is 2.14. The van der Waals surface area contributed by atoms with Crippen LogP contribution in [-0.4, -0.2) is 23.1 Å². The third kappa shape index (κ3) is 44.2. The number of carbonyl (C=O) groups is 2. The standard InChI is InChI=1S/C49H88O4/c1-3-5-7-9-11-13-15-17-18-19-20-21-22-23-24-25-27-29-31-33-38-42-46-49(52)53-47(44-40-36-34-37-41-45-48(50)51)43-39-35-32-30-28-26-16-14-12-10-8-6-4-2/h6,8,12,14,26,28,32,35,47H,3-5,7,9-11,13,15-25,27,29-31,33-34,36-46H2,1-2H3,(H,50,51)/b8-6-,14-12-,28-26-,35-32-. The number of allylic oxidation sites excluding steroid dienone is 8. The molecule has 0 amide bonds. The third-order valence-electron chi connectivity index (χ3n) is 10.3. The molecule has 0 rings (SSSR count). The molecule has 0 fully saturated rings. The Morgan fingerprint density at radius 2 is 0.792 bits per heavy atom. The normalized spacial score (nSPS) is 12.6. The highest BCUT2D eigenvalue weighted by molar-refractivity contribution is 5.69. The first kappa shape index (κ1) is 50.9. The van der Waals surface area contributed by atoms with E-state index in [4.69, 9.17) is 9.84 Å². The smallest absolute Gasteiger partial charge is 0.306 e.